The van der Waals surface area contributed by atoms with Crippen LogP contribution < -0.4 is 4.72 Å². The maximum atomic E-state index is 12.4. The summed E-state index contributed by atoms with van der Waals surface area (Å²) in [5.41, 5.74) is 2.80. The molecule has 0 aliphatic rings. The minimum Gasteiger partial charge on any atom is -0.275 e. The number of aryl methyl sites for hydroxylation is 3. The van der Waals surface area contributed by atoms with Crippen LogP contribution in [-0.2, 0) is 30.0 Å². The van der Waals surface area contributed by atoms with Crippen molar-refractivity contribution in [2.45, 2.75) is 31.7 Å². The van der Waals surface area contributed by atoms with Crippen molar-refractivity contribution >= 4 is 26.0 Å². The molecular formula is C14H18BrN3O2S. The third-order valence-electron chi connectivity index (χ3n) is 3.16. The molecule has 0 spiro atoms. The lowest BCUT2D eigenvalue weighted by molar-refractivity contribution is 0.580. The highest BCUT2D eigenvalue weighted by Gasteiger charge is 2.18. The molecule has 1 aromatic carbocycles. The van der Waals surface area contributed by atoms with E-state index in [0.29, 0.717) is 4.47 Å². The van der Waals surface area contributed by atoms with Crippen LogP contribution in [0.25, 0.3) is 0 Å². The number of benzene rings is 1. The van der Waals surface area contributed by atoms with Crippen LogP contribution in [0.5, 0.6) is 0 Å². The Bertz CT molecular complexity index is 754. The summed E-state index contributed by atoms with van der Waals surface area (Å²) in [4.78, 5) is 0.245. The largest absolute Gasteiger partial charge is 0.275 e. The van der Waals surface area contributed by atoms with Gasteiger partial charge in [0, 0.05) is 29.8 Å². The first-order valence-corrected chi connectivity index (χ1v) is 8.88. The van der Waals surface area contributed by atoms with Gasteiger partial charge in [-0.05, 0) is 47.0 Å². The second kappa shape index (κ2) is 6.29. The number of hydrogen-bond acceptors (Lipinski definition) is 3. The van der Waals surface area contributed by atoms with E-state index in [1.165, 1.54) is 0 Å². The van der Waals surface area contributed by atoms with Crippen molar-refractivity contribution in [2.24, 2.45) is 7.05 Å². The minimum atomic E-state index is -3.56. The van der Waals surface area contributed by atoms with E-state index in [2.05, 4.69) is 25.8 Å². The second-order valence-corrected chi connectivity index (χ2v) is 7.48. The zero-order valence-electron chi connectivity index (χ0n) is 12.2. The monoisotopic (exact) mass is 371 g/mol. The van der Waals surface area contributed by atoms with E-state index in [9.17, 15) is 8.42 Å². The van der Waals surface area contributed by atoms with Gasteiger partial charge in [-0.3, -0.25) is 4.68 Å². The summed E-state index contributed by atoms with van der Waals surface area (Å²) in [5.74, 6) is 0. The molecular weight excluding hydrogens is 354 g/mol. The third kappa shape index (κ3) is 3.72. The van der Waals surface area contributed by atoms with Gasteiger partial charge >= 0.3 is 0 Å². The Balaban J connectivity index is 2.21. The van der Waals surface area contributed by atoms with Gasteiger partial charge in [-0.2, -0.15) is 5.10 Å². The van der Waals surface area contributed by atoms with E-state index in [-0.39, 0.29) is 11.4 Å². The summed E-state index contributed by atoms with van der Waals surface area (Å²) in [6.07, 6.45) is 2.61. The Morgan fingerprint density at radius 1 is 1.38 bits per heavy atom. The average molecular weight is 372 g/mol. The molecule has 2 aromatic rings. The lowest BCUT2D eigenvalue weighted by Gasteiger charge is -2.09. The Morgan fingerprint density at radius 2 is 2.10 bits per heavy atom. The molecule has 1 aromatic heterocycles. The van der Waals surface area contributed by atoms with Gasteiger partial charge in [0.25, 0.3) is 0 Å². The predicted molar refractivity (Wildman–Crippen MR) is 85.5 cm³/mol. The van der Waals surface area contributed by atoms with Crippen LogP contribution in [0.15, 0.2) is 33.8 Å². The molecule has 0 fully saturated rings. The van der Waals surface area contributed by atoms with Crippen molar-refractivity contribution in [3.8, 4) is 0 Å². The zero-order chi connectivity index (χ0) is 15.6. The van der Waals surface area contributed by atoms with E-state index in [1.54, 1.807) is 22.9 Å². The van der Waals surface area contributed by atoms with Gasteiger partial charge in [0.1, 0.15) is 0 Å². The van der Waals surface area contributed by atoms with Gasteiger partial charge in [-0.1, -0.05) is 13.0 Å². The molecule has 7 heteroatoms. The Kier molecular flexibility index (Phi) is 4.85. The van der Waals surface area contributed by atoms with Crippen LogP contribution in [0.3, 0.4) is 0 Å². The van der Waals surface area contributed by atoms with Crippen molar-refractivity contribution in [3.63, 3.8) is 0 Å². The summed E-state index contributed by atoms with van der Waals surface area (Å²) in [6, 6.07) is 5.17. The Labute approximate surface area is 133 Å². The standard InChI is InChI=1S/C14H18BrN3O2S/c1-4-13-11(9-18(3)17-13)8-16-21(19,20)14-6-5-10(2)7-12(14)15/h5-7,9,16H,4,8H2,1-3H3. The van der Waals surface area contributed by atoms with Crippen molar-refractivity contribution in [3.05, 3.63) is 45.7 Å². The lowest BCUT2D eigenvalue weighted by atomic mass is 10.2. The smallest absolute Gasteiger partial charge is 0.241 e. The first kappa shape index (κ1) is 16.2. The van der Waals surface area contributed by atoms with Crippen molar-refractivity contribution < 1.29 is 8.42 Å². The van der Waals surface area contributed by atoms with Crippen LogP contribution in [0.4, 0.5) is 0 Å². The van der Waals surface area contributed by atoms with Crippen molar-refractivity contribution in [1.29, 1.82) is 0 Å². The third-order valence-corrected chi connectivity index (χ3v) is 5.53. The average Bonchev–Trinajstić information content (AvgIpc) is 2.76. The lowest BCUT2D eigenvalue weighted by Crippen LogP contribution is -2.24. The van der Waals surface area contributed by atoms with Gasteiger partial charge in [-0.25, -0.2) is 13.1 Å². The minimum absolute atomic E-state index is 0.236. The number of hydrogen-bond donors (Lipinski definition) is 1. The number of nitrogens with zero attached hydrogens (tertiary/aromatic N) is 2. The van der Waals surface area contributed by atoms with Crippen LogP contribution in [0.1, 0.15) is 23.7 Å². The fourth-order valence-electron chi connectivity index (χ4n) is 2.10. The van der Waals surface area contributed by atoms with Gasteiger partial charge in [-0.15, -0.1) is 0 Å². The maximum absolute atomic E-state index is 12.4. The maximum Gasteiger partial charge on any atom is 0.241 e. The molecule has 0 saturated carbocycles. The molecule has 1 N–H and O–H groups in total. The van der Waals surface area contributed by atoms with Crippen LogP contribution >= 0.6 is 15.9 Å². The molecule has 0 aliphatic carbocycles. The topological polar surface area (TPSA) is 64.0 Å². The molecule has 21 heavy (non-hydrogen) atoms. The van der Waals surface area contributed by atoms with Crippen LogP contribution in [0, 0.1) is 6.92 Å². The number of rotatable bonds is 5. The summed E-state index contributed by atoms with van der Waals surface area (Å²) in [6.45, 7) is 4.15. The summed E-state index contributed by atoms with van der Waals surface area (Å²) < 4.78 is 29.6. The Hall–Kier alpha value is -1.18. The molecule has 0 aliphatic heterocycles. The highest BCUT2D eigenvalue weighted by Crippen LogP contribution is 2.23. The van der Waals surface area contributed by atoms with Gasteiger partial charge in [0.05, 0.1) is 10.6 Å². The van der Waals surface area contributed by atoms with Gasteiger partial charge in [0.2, 0.25) is 10.0 Å². The predicted octanol–water partition coefficient (Wildman–Crippen LogP) is 2.53. The molecule has 0 atom stereocenters. The molecule has 0 radical (unpaired) electrons. The summed E-state index contributed by atoms with van der Waals surface area (Å²) in [7, 11) is -1.73. The highest BCUT2D eigenvalue weighted by atomic mass is 79.9. The quantitative estimate of drug-likeness (QED) is 0.877. The fraction of sp³-hybridized carbons (Fsp3) is 0.357. The normalized spacial score (nSPS) is 11.8. The summed E-state index contributed by atoms with van der Waals surface area (Å²) in [5, 5.41) is 4.30. The van der Waals surface area contributed by atoms with Crippen molar-refractivity contribution in [2.75, 3.05) is 0 Å². The molecule has 0 saturated heterocycles. The highest BCUT2D eigenvalue weighted by molar-refractivity contribution is 9.10. The molecule has 0 amide bonds. The van der Waals surface area contributed by atoms with E-state index in [0.717, 1.165) is 23.2 Å². The molecule has 0 unspecified atom stereocenters. The second-order valence-electron chi connectivity index (χ2n) is 4.89. The molecule has 2 rings (SSSR count). The van der Waals surface area contributed by atoms with Crippen LogP contribution in [-0.4, -0.2) is 18.2 Å². The van der Waals surface area contributed by atoms with E-state index in [1.807, 2.05) is 27.1 Å². The van der Waals surface area contributed by atoms with Crippen molar-refractivity contribution in [1.82, 2.24) is 14.5 Å². The first-order valence-electron chi connectivity index (χ1n) is 6.60. The number of halogens is 1. The SMILES string of the molecule is CCc1nn(C)cc1CNS(=O)(=O)c1ccc(C)cc1Br. The van der Waals surface area contributed by atoms with Crippen LogP contribution in [0.2, 0.25) is 0 Å². The number of nitrogens with one attached hydrogen (secondary N) is 1. The van der Waals surface area contributed by atoms with Gasteiger partial charge in [0.15, 0.2) is 0 Å². The molecule has 114 valence electrons. The van der Waals surface area contributed by atoms with Gasteiger partial charge < -0.3 is 0 Å². The molecule has 1 heterocycles. The van der Waals surface area contributed by atoms with E-state index < -0.39 is 10.0 Å². The van der Waals surface area contributed by atoms with E-state index in [4.69, 9.17) is 0 Å². The number of sulfonamides is 1. The molecule has 0 bridgehead atoms. The fourth-order valence-corrected chi connectivity index (χ4v) is 4.30. The number of aromatic nitrogens is 2. The molecule has 5 nitrogen and oxygen atoms in total. The Morgan fingerprint density at radius 3 is 2.71 bits per heavy atom. The van der Waals surface area contributed by atoms with E-state index >= 15 is 0 Å². The zero-order valence-corrected chi connectivity index (χ0v) is 14.6. The summed E-state index contributed by atoms with van der Waals surface area (Å²) >= 11 is 3.31. The first-order chi connectivity index (χ1) is 9.83.